The molecule has 0 amide bonds. The molecule has 2 aromatic carbocycles. The van der Waals surface area contributed by atoms with Crippen molar-refractivity contribution in [3.8, 4) is 11.1 Å². The van der Waals surface area contributed by atoms with Gasteiger partial charge >= 0.3 is 23.1 Å². The number of hydrogen-bond acceptors (Lipinski definition) is 1. The van der Waals surface area contributed by atoms with E-state index in [0.717, 1.165) is 0 Å². The minimum atomic E-state index is 0. The Morgan fingerprint density at radius 2 is 1.05 bits per heavy atom. The first-order valence-corrected chi connectivity index (χ1v) is 6.28. The largest absolute Gasteiger partial charge is 0.373 e. The minimum absolute atomic E-state index is 0. The zero-order valence-corrected chi connectivity index (χ0v) is 11.2. The summed E-state index contributed by atoms with van der Waals surface area (Å²) in [5.41, 5.74) is 2.55. The van der Waals surface area contributed by atoms with E-state index < -0.39 is 0 Å². The van der Waals surface area contributed by atoms with Crippen LogP contribution in [0.5, 0.6) is 0 Å². The van der Waals surface area contributed by atoms with Crippen molar-refractivity contribution in [3.05, 3.63) is 86.0 Å². The van der Waals surface area contributed by atoms with Crippen molar-refractivity contribution in [3.63, 3.8) is 0 Å². The van der Waals surface area contributed by atoms with Gasteiger partial charge in [0.2, 0.25) is 0 Å². The third kappa shape index (κ3) is 7.95. The Labute approximate surface area is 138 Å². The smallest absolute Gasteiger partial charge is 0.316 e. The third-order valence-electron chi connectivity index (χ3n) is 2.35. The molecule has 102 valence electrons. The highest BCUT2D eigenvalue weighted by Crippen LogP contribution is 2.17. The Kier molecular flexibility index (Phi) is 11.8. The molecule has 20 heavy (non-hydrogen) atoms. The van der Waals surface area contributed by atoms with Crippen LogP contribution in [0, 0.1) is 0 Å². The van der Waals surface area contributed by atoms with E-state index in [1.807, 2.05) is 12.1 Å². The van der Waals surface area contributed by atoms with E-state index in [1.165, 1.54) is 11.1 Å². The Balaban J connectivity index is 0.000000396. The average Bonchev–Trinajstić information content (AvgIpc) is 2.50. The van der Waals surface area contributed by atoms with Crippen LogP contribution in [-0.2, 0) is 4.74 Å². The molecule has 0 fully saturated rings. The quantitative estimate of drug-likeness (QED) is 0.459. The van der Waals surface area contributed by atoms with Gasteiger partial charge in [0.05, 0.1) is 13.2 Å². The average molecular weight is 279 g/mol. The molecule has 0 bridgehead atoms. The van der Waals surface area contributed by atoms with Crippen LogP contribution in [0.25, 0.3) is 11.1 Å². The molecule has 0 saturated heterocycles. The van der Waals surface area contributed by atoms with Gasteiger partial charge in [0, 0.05) is 0 Å². The van der Waals surface area contributed by atoms with E-state index in [4.69, 9.17) is 4.74 Å². The van der Waals surface area contributed by atoms with Gasteiger partial charge in [-0.05, 0) is 11.1 Å². The van der Waals surface area contributed by atoms with Gasteiger partial charge in [-0.2, -0.15) is 0 Å². The summed E-state index contributed by atoms with van der Waals surface area (Å²) in [5.74, 6) is 0. The summed E-state index contributed by atoms with van der Waals surface area (Å²) in [6.07, 6.45) is 3.42. The van der Waals surface area contributed by atoms with Gasteiger partial charge in [0.15, 0.2) is 0 Å². The Morgan fingerprint density at radius 3 is 1.35 bits per heavy atom. The van der Waals surface area contributed by atoms with Crippen molar-refractivity contribution in [2.75, 3.05) is 13.2 Å². The SMILES string of the molecule is C=CCOCC=C.[MgH2].c1ccc(-c2ccccc2)cc1. The van der Waals surface area contributed by atoms with Crippen LogP contribution >= 0.6 is 0 Å². The third-order valence-corrected chi connectivity index (χ3v) is 2.35. The van der Waals surface area contributed by atoms with E-state index in [0.29, 0.717) is 13.2 Å². The number of benzene rings is 2. The van der Waals surface area contributed by atoms with E-state index in [9.17, 15) is 0 Å². The molecule has 0 atom stereocenters. The van der Waals surface area contributed by atoms with Crippen LogP contribution < -0.4 is 0 Å². The first kappa shape index (κ1) is 18.6. The number of ether oxygens (including phenoxy) is 1. The van der Waals surface area contributed by atoms with Crippen LogP contribution in [0.4, 0.5) is 0 Å². The highest BCUT2D eigenvalue weighted by molar-refractivity contribution is 5.75. The fourth-order valence-electron chi connectivity index (χ4n) is 1.50. The van der Waals surface area contributed by atoms with Crippen LogP contribution in [0.3, 0.4) is 0 Å². The van der Waals surface area contributed by atoms with Crippen molar-refractivity contribution in [2.24, 2.45) is 0 Å². The molecule has 0 N–H and O–H groups in total. The topological polar surface area (TPSA) is 9.23 Å². The summed E-state index contributed by atoms with van der Waals surface area (Å²) in [7, 11) is 0. The van der Waals surface area contributed by atoms with Crippen molar-refractivity contribution in [1.82, 2.24) is 0 Å². The molecule has 0 heterocycles. The van der Waals surface area contributed by atoms with E-state index in [2.05, 4.69) is 61.7 Å². The molecule has 0 aliphatic carbocycles. The predicted octanol–water partition coefficient (Wildman–Crippen LogP) is 3.81. The zero-order valence-electron chi connectivity index (χ0n) is 11.2. The normalized spacial score (nSPS) is 8.60. The highest BCUT2D eigenvalue weighted by atomic mass is 24.3. The molecular formula is C18H22MgO. The number of rotatable bonds is 5. The van der Waals surface area contributed by atoms with Gasteiger partial charge in [-0.3, -0.25) is 0 Å². The molecule has 0 aliphatic heterocycles. The lowest BCUT2D eigenvalue weighted by Gasteiger charge is -1.98. The standard InChI is InChI=1S/C12H10.C6H10O.Mg.2H/c1-3-7-11(8-4-1)12-9-5-2-6-10-12;1-3-5-7-6-4-2;;;/h1-10H;3-4H,1-2,5-6H2;;;. The summed E-state index contributed by atoms with van der Waals surface area (Å²) in [4.78, 5) is 0. The lowest BCUT2D eigenvalue weighted by Crippen LogP contribution is -1.87. The fourth-order valence-corrected chi connectivity index (χ4v) is 1.50. The fraction of sp³-hybridized carbons (Fsp3) is 0.111. The maximum Gasteiger partial charge on any atom is 0.316 e. The second kappa shape index (κ2) is 12.7. The van der Waals surface area contributed by atoms with Gasteiger partial charge in [-0.15, -0.1) is 13.2 Å². The van der Waals surface area contributed by atoms with Crippen LogP contribution in [0.1, 0.15) is 0 Å². The molecule has 0 aromatic heterocycles. The second-order valence-corrected chi connectivity index (χ2v) is 3.85. The Morgan fingerprint density at radius 1 is 0.700 bits per heavy atom. The van der Waals surface area contributed by atoms with Crippen LogP contribution in [-0.4, -0.2) is 36.3 Å². The van der Waals surface area contributed by atoms with Gasteiger partial charge in [0.1, 0.15) is 0 Å². The molecule has 0 radical (unpaired) electrons. The monoisotopic (exact) mass is 278 g/mol. The minimum Gasteiger partial charge on any atom is -0.373 e. The first-order valence-electron chi connectivity index (χ1n) is 6.28. The van der Waals surface area contributed by atoms with Crippen LogP contribution in [0.15, 0.2) is 86.0 Å². The first-order chi connectivity index (χ1) is 9.38. The molecule has 0 unspecified atom stereocenters. The van der Waals surface area contributed by atoms with Gasteiger partial charge in [-0.25, -0.2) is 0 Å². The van der Waals surface area contributed by atoms with Crippen molar-refractivity contribution in [1.29, 1.82) is 0 Å². The van der Waals surface area contributed by atoms with E-state index in [-0.39, 0.29) is 23.1 Å². The summed E-state index contributed by atoms with van der Waals surface area (Å²) in [6.45, 7) is 8.18. The van der Waals surface area contributed by atoms with Gasteiger partial charge < -0.3 is 4.74 Å². The molecule has 2 heteroatoms. The molecule has 0 saturated carbocycles. The summed E-state index contributed by atoms with van der Waals surface area (Å²) >= 11 is 0. The molecule has 1 nitrogen and oxygen atoms in total. The van der Waals surface area contributed by atoms with Crippen molar-refractivity contribution < 1.29 is 4.74 Å². The maximum absolute atomic E-state index is 4.90. The van der Waals surface area contributed by atoms with Gasteiger partial charge in [-0.1, -0.05) is 72.8 Å². The summed E-state index contributed by atoms with van der Waals surface area (Å²) in [5, 5.41) is 0. The molecular weight excluding hydrogens is 257 g/mol. The van der Waals surface area contributed by atoms with Crippen LogP contribution in [0.2, 0.25) is 0 Å². The Bertz CT molecular complexity index is 420. The highest BCUT2D eigenvalue weighted by Gasteiger charge is 1.91. The van der Waals surface area contributed by atoms with E-state index in [1.54, 1.807) is 12.2 Å². The van der Waals surface area contributed by atoms with Gasteiger partial charge in [0.25, 0.3) is 0 Å². The van der Waals surface area contributed by atoms with Crippen molar-refractivity contribution >= 4 is 23.1 Å². The summed E-state index contributed by atoms with van der Waals surface area (Å²) in [6, 6.07) is 20.8. The second-order valence-electron chi connectivity index (χ2n) is 3.85. The lowest BCUT2D eigenvalue weighted by atomic mass is 10.1. The lowest BCUT2D eigenvalue weighted by molar-refractivity contribution is 0.194. The predicted molar refractivity (Wildman–Crippen MR) is 91.6 cm³/mol. The van der Waals surface area contributed by atoms with Crippen molar-refractivity contribution in [2.45, 2.75) is 0 Å². The zero-order chi connectivity index (χ0) is 13.8. The number of hydrogen-bond donors (Lipinski definition) is 0. The molecule has 2 aromatic rings. The van der Waals surface area contributed by atoms with E-state index >= 15 is 0 Å². The molecule has 0 aliphatic rings. The summed E-state index contributed by atoms with van der Waals surface area (Å²) < 4.78 is 4.90. The molecule has 2 rings (SSSR count). The maximum atomic E-state index is 4.90. The molecule has 0 spiro atoms. The Hall–Kier alpha value is -1.35.